The first-order chi connectivity index (χ1) is 30.9. The molecule has 5 nitrogen and oxygen atoms in total. The van der Waals surface area contributed by atoms with E-state index in [1.807, 2.05) is 194 Å². The van der Waals surface area contributed by atoms with Crippen LogP contribution in [-0.4, -0.2) is 22.9 Å². The Morgan fingerprint density at radius 3 is 1.10 bits per heavy atom. The Morgan fingerprint density at radius 1 is 0.429 bits per heavy atom. The van der Waals surface area contributed by atoms with E-state index in [9.17, 15) is 4.57 Å². The van der Waals surface area contributed by atoms with Crippen molar-refractivity contribution in [1.29, 1.82) is 0 Å². The highest BCUT2D eigenvalue weighted by atomic mass is 32.2. The fourth-order valence-electron chi connectivity index (χ4n) is 7.11. The van der Waals surface area contributed by atoms with Crippen LogP contribution in [0.15, 0.2) is 194 Å². The number of unbranched alkanes of at least 4 members (excludes halogenated alkanes) is 2. The van der Waals surface area contributed by atoms with Gasteiger partial charge in [0.25, 0.3) is 0 Å². The monoisotopic (exact) mass is 892 g/mol. The maximum Gasteiger partial charge on any atom is 0.535 e. The largest absolute Gasteiger partial charge is 0.535 e. The first-order valence-corrected chi connectivity index (χ1v) is 25.1. The van der Waals surface area contributed by atoms with Gasteiger partial charge in [-0.1, -0.05) is 172 Å². The van der Waals surface area contributed by atoms with Crippen molar-refractivity contribution in [3.8, 4) is 11.5 Å². The van der Waals surface area contributed by atoms with Crippen LogP contribution in [0.1, 0.15) is 72.9 Å². The minimum absolute atomic E-state index is 0.656. The van der Waals surface area contributed by atoms with Crippen molar-refractivity contribution in [2.75, 3.05) is 13.2 Å². The van der Waals surface area contributed by atoms with Gasteiger partial charge in [0, 0.05) is 19.5 Å². The Kier molecular flexibility index (Phi) is 14.8. The summed E-state index contributed by atoms with van der Waals surface area (Å²) in [4.78, 5) is 2.72. The van der Waals surface area contributed by atoms with Crippen molar-refractivity contribution in [1.82, 2.24) is 0 Å². The van der Waals surface area contributed by atoms with E-state index in [1.165, 1.54) is 0 Å². The SMILES string of the molecule is CCCCOc1ccc(C2=CC(c3ccccc3)=S(OP(=O)(F)OS3=C(c4ccccc4)C=C(c4ccc(OCCCC)cc4)C=C3c3ccccc3)C(c3ccccc3)=C2)cc1. The van der Waals surface area contributed by atoms with E-state index >= 15 is 4.20 Å². The Morgan fingerprint density at radius 2 is 0.762 bits per heavy atom. The van der Waals surface area contributed by atoms with Gasteiger partial charge in [0.2, 0.25) is 0 Å². The second-order valence-electron chi connectivity index (χ2n) is 15.0. The van der Waals surface area contributed by atoms with Crippen LogP contribution in [-0.2, 0) is 12.5 Å². The van der Waals surface area contributed by atoms with Gasteiger partial charge in [-0.15, -0.1) is 4.20 Å². The molecule has 63 heavy (non-hydrogen) atoms. The second-order valence-corrected chi connectivity index (χ2v) is 19.9. The average molecular weight is 893 g/mol. The summed E-state index contributed by atoms with van der Waals surface area (Å²) < 4.78 is 57.0. The van der Waals surface area contributed by atoms with Gasteiger partial charge in [-0.25, -0.2) is 12.5 Å². The molecule has 6 aromatic rings. The van der Waals surface area contributed by atoms with Gasteiger partial charge in [0.05, 0.1) is 13.2 Å². The molecule has 0 amide bonds. The van der Waals surface area contributed by atoms with Crippen LogP contribution in [0.5, 0.6) is 11.5 Å². The molecule has 0 aromatic heterocycles. The Bertz CT molecular complexity index is 2560. The highest BCUT2D eigenvalue weighted by Gasteiger charge is 2.35. The van der Waals surface area contributed by atoms with Gasteiger partial charge in [0.1, 0.15) is 11.5 Å². The summed E-state index contributed by atoms with van der Waals surface area (Å²) >= 11 is 0. The third-order valence-electron chi connectivity index (χ3n) is 10.4. The van der Waals surface area contributed by atoms with Crippen LogP contribution in [0.4, 0.5) is 4.20 Å². The number of rotatable bonds is 18. The molecule has 0 saturated heterocycles. The van der Waals surface area contributed by atoms with E-state index in [-0.39, 0.29) is 0 Å². The zero-order valence-electron chi connectivity index (χ0n) is 35.4. The summed E-state index contributed by atoms with van der Waals surface area (Å²) in [5.41, 5.74) is 6.96. The first-order valence-electron chi connectivity index (χ1n) is 21.4. The predicted octanol–water partition coefficient (Wildman–Crippen LogP) is 15.5. The van der Waals surface area contributed by atoms with Gasteiger partial charge in [-0.2, -0.15) is 0 Å². The molecule has 6 aromatic carbocycles. The summed E-state index contributed by atoms with van der Waals surface area (Å²) in [6.45, 7) is 5.59. The highest BCUT2D eigenvalue weighted by molar-refractivity contribution is 8.24. The standard InChI is InChI=1S/C54H50FO5PS2/c1-3-5-35-57-49-31-27-41(28-32-49)47-37-51(43-19-11-7-12-20-43)62(52(38-47)44-21-13-8-14-22-44)59-61(55,56)60-63-53(45-23-15-9-16-24-45)39-48(40-54(63)46-25-17-10-18-26-46)42-29-33-50(34-30-42)58-36-6-4-2/h7-34,37-40H,3-6,35-36H2,1-2H3. The van der Waals surface area contributed by atoms with Gasteiger partial charge >= 0.3 is 7.91 Å². The van der Waals surface area contributed by atoms with Gasteiger partial charge in [-0.05, 0) is 127 Å². The molecule has 2 atom stereocenters. The van der Waals surface area contributed by atoms with Crippen molar-refractivity contribution < 1.29 is 26.2 Å². The third-order valence-corrected chi connectivity index (χ3v) is 16.0. The summed E-state index contributed by atoms with van der Waals surface area (Å²) in [6, 6.07) is 54.9. The number of ether oxygens (including phenoxy) is 2. The molecule has 0 fully saturated rings. The van der Waals surface area contributed by atoms with Crippen LogP contribution in [0.2, 0.25) is 0 Å². The molecule has 8 rings (SSSR count). The number of halogens is 1. The van der Waals surface area contributed by atoms with Crippen molar-refractivity contribution >= 4 is 60.1 Å². The molecule has 2 aliphatic rings. The highest BCUT2D eigenvalue weighted by Crippen LogP contribution is 2.65. The maximum atomic E-state index is 17.6. The van der Waals surface area contributed by atoms with Crippen molar-refractivity contribution in [2.45, 2.75) is 39.5 Å². The van der Waals surface area contributed by atoms with E-state index in [0.29, 0.717) is 32.8 Å². The minimum Gasteiger partial charge on any atom is -0.494 e. The van der Waals surface area contributed by atoms with Crippen LogP contribution >= 0.6 is 29.4 Å². The molecule has 9 heteroatoms. The lowest BCUT2D eigenvalue weighted by Crippen LogP contribution is -2.07. The maximum absolute atomic E-state index is 17.6. The Balaban J connectivity index is 1.24. The number of hydrogen-bond donors (Lipinski definition) is 0. The molecule has 0 spiro atoms. The van der Waals surface area contributed by atoms with Crippen LogP contribution in [0.3, 0.4) is 0 Å². The fraction of sp³-hybridized carbons (Fsp3) is 0.148. The molecule has 320 valence electrons. The van der Waals surface area contributed by atoms with Crippen LogP contribution in [0.25, 0.3) is 21.0 Å². The Labute approximate surface area is 376 Å². The smallest absolute Gasteiger partial charge is 0.494 e. The van der Waals surface area contributed by atoms with Crippen LogP contribution < -0.4 is 9.47 Å². The number of hydrogen-bond acceptors (Lipinski definition) is 5. The molecule has 0 bridgehead atoms. The van der Waals surface area contributed by atoms with Crippen molar-refractivity contribution in [3.63, 3.8) is 0 Å². The van der Waals surface area contributed by atoms with E-state index in [1.54, 1.807) is 0 Å². The van der Waals surface area contributed by atoms with E-state index in [4.69, 9.17) is 17.4 Å². The quantitative estimate of drug-likeness (QED) is 0.0489. The van der Waals surface area contributed by atoms with E-state index in [2.05, 4.69) is 13.8 Å². The first kappa shape index (κ1) is 44.0. The molecule has 2 heterocycles. The lowest BCUT2D eigenvalue weighted by atomic mass is 10.0. The normalized spacial score (nSPS) is 17.2. The lowest BCUT2D eigenvalue weighted by molar-refractivity contribution is 0.309. The van der Waals surface area contributed by atoms with Gasteiger partial charge in [0.15, 0.2) is 0 Å². The summed E-state index contributed by atoms with van der Waals surface area (Å²) in [6.07, 6.45) is 12.1. The average Bonchev–Trinajstić information content (AvgIpc) is 3.33. The zero-order valence-corrected chi connectivity index (χ0v) is 37.9. The molecule has 0 N–H and O–H groups in total. The Hall–Kier alpha value is -5.60. The fourth-order valence-corrected chi connectivity index (χ4v) is 13.0. The third kappa shape index (κ3) is 11.1. The van der Waals surface area contributed by atoms with Gasteiger partial charge < -0.3 is 9.47 Å². The molecule has 0 saturated carbocycles. The van der Waals surface area contributed by atoms with Gasteiger partial charge in [-0.3, -0.25) is 0 Å². The molecule has 0 aliphatic carbocycles. The topological polar surface area (TPSA) is 54.0 Å². The van der Waals surface area contributed by atoms with Crippen molar-refractivity contribution in [2.24, 2.45) is 0 Å². The number of allylic oxidation sites excluding steroid dienone is 6. The molecular formula is C54H50FO5PS2. The number of benzene rings is 6. The predicted molar refractivity (Wildman–Crippen MR) is 266 cm³/mol. The summed E-state index contributed by atoms with van der Waals surface area (Å²) in [7, 11) is -8.36. The zero-order chi connectivity index (χ0) is 43.4. The van der Waals surface area contributed by atoms with Crippen molar-refractivity contribution in [3.05, 3.63) is 228 Å². The van der Waals surface area contributed by atoms with Crippen LogP contribution in [0, 0.1) is 0 Å². The minimum atomic E-state index is -5.37. The molecule has 0 radical (unpaired) electrons. The van der Waals surface area contributed by atoms with E-state index < -0.39 is 29.4 Å². The molecule has 2 aliphatic heterocycles. The molecule has 2 unspecified atom stereocenters. The lowest BCUT2D eigenvalue weighted by Gasteiger charge is -2.27. The summed E-state index contributed by atoms with van der Waals surface area (Å²) in [5.74, 6) is 1.60. The van der Waals surface area contributed by atoms with E-state index in [0.717, 1.165) is 81.7 Å². The second kappa shape index (κ2) is 21.2. The molecular weight excluding hydrogens is 843 g/mol. The summed E-state index contributed by atoms with van der Waals surface area (Å²) in [5, 5.41) is 0.